The maximum absolute atomic E-state index is 12.8. The van der Waals surface area contributed by atoms with E-state index in [0.29, 0.717) is 12.4 Å². The van der Waals surface area contributed by atoms with E-state index in [1.165, 1.54) is 17.3 Å². The first kappa shape index (κ1) is 13.8. The van der Waals surface area contributed by atoms with E-state index < -0.39 is 8.07 Å². The molecule has 2 aromatic rings. The fourth-order valence-electron chi connectivity index (χ4n) is 1.80. The van der Waals surface area contributed by atoms with Gasteiger partial charge in [0.1, 0.15) is 18.2 Å². The molecular formula is C16H19FOSi. The SMILES string of the molecule is C[Si](C)(C)c1ccc(COc2ccc(F)cc2)cc1. The summed E-state index contributed by atoms with van der Waals surface area (Å²) in [7, 11) is -1.23. The molecule has 0 heterocycles. The summed E-state index contributed by atoms with van der Waals surface area (Å²) in [6.07, 6.45) is 0. The Morgan fingerprint density at radius 2 is 1.47 bits per heavy atom. The molecule has 0 bridgehead atoms. The smallest absolute Gasteiger partial charge is 0.123 e. The van der Waals surface area contributed by atoms with Gasteiger partial charge in [-0.15, -0.1) is 0 Å². The summed E-state index contributed by atoms with van der Waals surface area (Å²) in [5.41, 5.74) is 1.13. The molecule has 0 saturated heterocycles. The molecule has 0 unspecified atom stereocenters. The topological polar surface area (TPSA) is 9.23 Å². The molecule has 0 spiro atoms. The molecule has 0 aliphatic rings. The molecule has 0 saturated carbocycles. The van der Waals surface area contributed by atoms with Crippen molar-refractivity contribution < 1.29 is 9.13 Å². The Kier molecular flexibility index (Phi) is 4.05. The Hall–Kier alpha value is -1.61. The van der Waals surface area contributed by atoms with Crippen LogP contribution in [0.15, 0.2) is 48.5 Å². The quantitative estimate of drug-likeness (QED) is 0.767. The third kappa shape index (κ3) is 3.93. The van der Waals surface area contributed by atoms with Gasteiger partial charge in [0.05, 0.1) is 8.07 Å². The third-order valence-electron chi connectivity index (χ3n) is 3.04. The van der Waals surface area contributed by atoms with Crippen molar-refractivity contribution in [3.63, 3.8) is 0 Å². The fourth-order valence-corrected chi connectivity index (χ4v) is 2.97. The number of hydrogen-bond donors (Lipinski definition) is 0. The van der Waals surface area contributed by atoms with Crippen LogP contribution in [0.5, 0.6) is 5.75 Å². The molecule has 2 aromatic carbocycles. The zero-order chi connectivity index (χ0) is 13.9. The number of hydrogen-bond acceptors (Lipinski definition) is 1. The van der Waals surface area contributed by atoms with E-state index in [9.17, 15) is 4.39 Å². The first-order chi connectivity index (χ1) is 8.95. The minimum atomic E-state index is -1.23. The molecule has 19 heavy (non-hydrogen) atoms. The van der Waals surface area contributed by atoms with Gasteiger partial charge >= 0.3 is 0 Å². The predicted molar refractivity (Wildman–Crippen MR) is 80.2 cm³/mol. The maximum atomic E-state index is 12.8. The van der Waals surface area contributed by atoms with Gasteiger partial charge in [-0.3, -0.25) is 0 Å². The van der Waals surface area contributed by atoms with Crippen LogP contribution in [0, 0.1) is 5.82 Å². The van der Waals surface area contributed by atoms with Crippen LogP contribution in [-0.4, -0.2) is 8.07 Å². The van der Waals surface area contributed by atoms with Crippen LogP contribution in [0.3, 0.4) is 0 Å². The molecule has 0 atom stereocenters. The van der Waals surface area contributed by atoms with Gasteiger partial charge in [-0.05, 0) is 29.8 Å². The summed E-state index contributed by atoms with van der Waals surface area (Å²) < 4.78 is 18.4. The largest absolute Gasteiger partial charge is 0.489 e. The molecule has 1 nitrogen and oxygen atoms in total. The molecular weight excluding hydrogens is 255 g/mol. The molecule has 0 fully saturated rings. The number of benzene rings is 2. The summed E-state index contributed by atoms with van der Waals surface area (Å²) in [5, 5.41) is 1.44. The van der Waals surface area contributed by atoms with Gasteiger partial charge in [-0.1, -0.05) is 49.1 Å². The molecule has 0 aliphatic heterocycles. The monoisotopic (exact) mass is 274 g/mol. The molecule has 3 heteroatoms. The van der Waals surface area contributed by atoms with E-state index in [1.54, 1.807) is 12.1 Å². The average molecular weight is 274 g/mol. The lowest BCUT2D eigenvalue weighted by Crippen LogP contribution is -2.37. The molecule has 0 radical (unpaired) electrons. The van der Waals surface area contributed by atoms with Crippen molar-refractivity contribution >= 4 is 13.3 Å². The Morgan fingerprint density at radius 3 is 2.00 bits per heavy atom. The first-order valence-electron chi connectivity index (χ1n) is 6.43. The van der Waals surface area contributed by atoms with Gasteiger partial charge in [0.25, 0.3) is 0 Å². The second kappa shape index (κ2) is 5.57. The van der Waals surface area contributed by atoms with Crippen LogP contribution in [0.2, 0.25) is 19.6 Å². The molecule has 0 aromatic heterocycles. The van der Waals surface area contributed by atoms with E-state index in [4.69, 9.17) is 4.74 Å². The zero-order valence-electron chi connectivity index (χ0n) is 11.6. The Balaban J connectivity index is 1.98. The van der Waals surface area contributed by atoms with Crippen LogP contribution in [-0.2, 0) is 6.61 Å². The van der Waals surface area contributed by atoms with Crippen molar-refractivity contribution in [3.05, 3.63) is 59.9 Å². The highest BCUT2D eigenvalue weighted by atomic mass is 28.3. The normalized spacial score (nSPS) is 11.4. The number of halogens is 1. The Labute approximate surface area is 115 Å². The zero-order valence-corrected chi connectivity index (χ0v) is 12.6. The standard InChI is InChI=1S/C16H19FOSi/c1-19(2,3)16-10-4-13(5-11-16)12-18-15-8-6-14(17)7-9-15/h4-11H,12H2,1-3H3. The lowest BCUT2D eigenvalue weighted by atomic mass is 10.2. The highest BCUT2D eigenvalue weighted by Gasteiger charge is 2.15. The average Bonchev–Trinajstić information content (AvgIpc) is 2.37. The summed E-state index contributed by atoms with van der Waals surface area (Å²) in [6.45, 7) is 7.50. The van der Waals surface area contributed by atoms with Crippen LogP contribution in [0.4, 0.5) is 4.39 Å². The summed E-state index contributed by atoms with van der Waals surface area (Å²) in [4.78, 5) is 0. The van der Waals surface area contributed by atoms with E-state index in [1.807, 2.05) is 0 Å². The third-order valence-corrected chi connectivity index (χ3v) is 5.10. The van der Waals surface area contributed by atoms with Crippen LogP contribution < -0.4 is 9.92 Å². The van der Waals surface area contributed by atoms with Crippen LogP contribution in [0.25, 0.3) is 0 Å². The predicted octanol–water partition coefficient (Wildman–Crippen LogP) is 3.95. The van der Waals surface area contributed by atoms with E-state index >= 15 is 0 Å². The van der Waals surface area contributed by atoms with Crippen molar-refractivity contribution in [2.24, 2.45) is 0 Å². The van der Waals surface area contributed by atoms with Gasteiger partial charge in [0, 0.05) is 0 Å². The van der Waals surface area contributed by atoms with Gasteiger partial charge < -0.3 is 4.74 Å². The van der Waals surface area contributed by atoms with Crippen LogP contribution in [0.1, 0.15) is 5.56 Å². The van der Waals surface area contributed by atoms with Gasteiger partial charge in [0.15, 0.2) is 0 Å². The second-order valence-electron chi connectivity index (χ2n) is 5.69. The minimum absolute atomic E-state index is 0.244. The van der Waals surface area contributed by atoms with Crippen molar-refractivity contribution in [3.8, 4) is 5.75 Å². The number of rotatable bonds is 4. The molecule has 2 rings (SSSR count). The van der Waals surface area contributed by atoms with E-state index in [-0.39, 0.29) is 5.82 Å². The molecule has 100 valence electrons. The highest BCUT2D eigenvalue weighted by Crippen LogP contribution is 2.13. The van der Waals surface area contributed by atoms with E-state index in [0.717, 1.165) is 5.56 Å². The lowest BCUT2D eigenvalue weighted by Gasteiger charge is -2.16. The van der Waals surface area contributed by atoms with Gasteiger partial charge in [-0.2, -0.15) is 0 Å². The Bertz CT molecular complexity index is 526. The fraction of sp³-hybridized carbons (Fsp3) is 0.250. The Morgan fingerprint density at radius 1 is 0.895 bits per heavy atom. The number of ether oxygens (including phenoxy) is 1. The second-order valence-corrected chi connectivity index (χ2v) is 10.8. The summed E-state index contributed by atoms with van der Waals surface area (Å²) in [6, 6.07) is 14.7. The van der Waals surface area contributed by atoms with Crippen LogP contribution >= 0.6 is 0 Å². The minimum Gasteiger partial charge on any atom is -0.489 e. The highest BCUT2D eigenvalue weighted by molar-refractivity contribution is 6.88. The van der Waals surface area contributed by atoms with Gasteiger partial charge in [-0.25, -0.2) is 4.39 Å². The van der Waals surface area contributed by atoms with Crippen molar-refractivity contribution in [2.75, 3.05) is 0 Å². The molecule has 0 N–H and O–H groups in total. The summed E-state index contributed by atoms with van der Waals surface area (Å²) >= 11 is 0. The molecule has 0 aliphatic carbocycles. The van der Waals surface area contributed by atoms with E-state index in [2.05, 4.69) is 43.9 Å². The first-order valence-corrected chi connectivity index (χ1v) is 9.93. The van der Waals surface area contributed by atoms with Crippen molar-refractivity contribution in [1.29, 1.82) is 0 Å². The molecule has 0 amide bonds. The van der Waals surface area contributed by atoms with Gasteiger partial charge in [0.2, 0.25) is 0 Å². The van der Waals surface area contributed by atoms with Crippen molar-refractivity contribution in [1.82, 2.24) is 0 Å². The van der Waals surface area contributed by atoms with Crippen molar-refractivity contribution in [2.45, 2.75) is 26.2 Å². The maximum Gasteiger partial charge on any atom is 0.123 e. The summed E-state index contributed by atoms with van der Waals surface area (Å²) in [5.74, 6) is 0.447. The lowest BCUT2D eigenvalue weighted by molar-refractivity contribution is 0.306.